The van der Waals surface area contributed by atoms with E-state index in [1.165, 1.54) is 36.4 Å². The molecular weight excluding hydrogens is 361 g/mol. The van der Waals surface area contributed by atoms with E-state index in [-0.39, 0.29) is 16.5 Å². The Balaban J connectivity index is 2.29. The fourth-order valence-electron chi connectivity index (χ4n) is 2.12. The number of rotatable bonds is 3. The molecule has 1 heterocycles. The Morgan fingerprint density at radius 1 is 0.920 bits per heavy atom. The van der Waals surface area contributed by atoms with E-state index in [9.17, 15) is 26.4 Å². The van der Waals surface area contributed by atoms with Crippen molar-refractivity contribution in [3.05, 3.63) is 65.0 Å². The van der Waals surface area contributed by atoms with Crippen LogP contribution in [0.2, 0.25) is 0 Å². The van der Waals surface area contributed by atoms with Gasteiger partial charge in [-0.05, 0) is 24.3 Å². The molecule has 0 spiro atoms. The van der Waals surface area contributed by atoms with Gasteiger partial charge in [0.25, 0.3) is 11.4 Å². The van der Waals surface area contributed by atoms with E-state index in [1.54, 1.807) is 18.2 Å². The van der Waals surface area contributed by atoms with Crippen LogP contribution in [0.4, 0.5) is 13.2 Å². The van der Waals surface area contributed by atoms with Gasteiger partial charge in [-0.2, -0.15) is 26.3 Å². The first-order chi connectivity index (χ1) is 11.7. The number of alkyl halides is 3. The molecule has 2 aromatic carbocycles. The Kier molecular flexibility index (Phi) is 3.99. The topological polar surface area (TPSA) is 78.3 Å². The molecule has 6 nitrogen and oxygen atoms in total. The largest absolute Gasteiger partial charge is 0.534 e. The zero-order valence-corrected chi connectivity index (χ0v) is 13.1. The van der Waals surface area contributed by atoms with Crippen LogP contribution < -0.4 is 9.74 Å². The molecule has 3 aromatic rings. The SMILES string of the molecule is O=c1c2ccccc2c(OS(=O)(=O)C(F)(F)F)nn1-c1ccccc1. The van der Waals surface area contributed by atoms with Crippen molar-refractivity contribution in [3.63, 3.8) is 0 Å². The van der Waals surface area contributed by atoms with Gasteiger partial charge in [0.1, 0.15) is 0 Å². The van der Waals surface area contributed by atoms with E-state index in [1.807, 2.05) is 0 Å². The summed E-state index contributed by atoms with van der Waals surface area (Å²) in [5.74, 6) is -0.837. The fourth-order valence-corrected chi connectivity index (χ4v) is 2.54. The van der Waals surface area contributed by atoms with Crippen molar-refractivity contribution in [1.29, 1.82) is 0 Å². The fraction of sp³-hybridized carbons (Fsp3) is 0.0667. The number of nitrogens with zero attached hydrogens (tertiary/aromatic N) is 2. The van der Waals surface area contributed by atoms with E-state index < -0.39 is 27.1 Å². The van der Waals surface area contributed by atoms with Gasteiger partial charge in [0.2, 0.25) is 0 Å². The van der Waals surface area contributed by atoms with Gasteiger partial charge in [0.05, 0.1) is 16.5 Å². The number of hydrogen-bond acceptors (Lipinski definition) is 5. The predicted octanol–water partition coefficient (Wildman–Crippen LogP) is 2.61. The third-order valence-electron chi connectivity index (χ3n) is 3.24. The number of benzene rings is 2. The minimum absolute atomic E-state index is 0.0336. The van der Waals surface area contributed by atoms with Gasteiger partial charge in [-0.25, -0.2) is 0 Å². The first-order valence-electron chi connectivity index (χ1n) is 6.79. The van der Waals surface area contributed by atoms with Crippen LogP contribution in [0.25, 0.3) is 16.5 Å². The molecule has 3 rings (SSSR count). The van der Waals surface area contributed by atoms with Gasteiger partial charge >= 0.3 is 15.6 Å². The molecule has 0 fully saturated rings. The number of halogens is 3. The third-order valence-corrected chi connectivity index (χ3v) is 4.19. The molecule has 0 aliphatic heterocycles. The van der Waals surface area contributed by atoms with Crippen LogP contribution in [0.15, 0.2) is 59.4 Å². The Morgan fingerprint density at radius 2 is 1.48 bits per heavy atom. The predicted molar refractivity (Wildman–Crippen MR) is 82.9 cm³/mol. The summed E-state index contributed by atoms with van der Waals surface area (Å²) in [5.41, 5.74) is -6.00. The Hall–Kier alpha value is -2.88. The molecule has 10 heteroatoms. The lowest BCUT2D eigenvalue weighted by Gasteiger charge is -2.12. The molecule has 0 N–H and O–H groups in total. The summed E-state index contributed by atoms with van der Waals surface area (Å²) >= 11 is 0. The van der Waals surface area contributed by atoms with Crippen molar-refractivity contribution < 1.29 is 25.8 Å². The maximum atomic E-state index is 12.6. The van der Waals surface area contributed by atoms with Gasteiger partial charge in [0.15, 0.2) is 0 Å². The van der Waals surface area contributed by atoms with Crippen LogP contribution in [0.5, 0.6) is 5.88 Å². The smallest absolute Gasteiger partial charge is 0.353 e. The summed E-state index contributed by atoms with van der Waals surface area (Å²) in [5, 5.41) is 3.49. The molecule has 0 radical (unpaired) electrons. The van der Waals surface area contributed by atoms with Crippen LogP contribution in [0.3, 0.4) is 0 Å². The first kappa shape index (κ1) is 17.0. The summed E-state index contributed by atoms with van der Waals surface area (Å²) in [4.78, 5) is 12.5. The zero-order chi connectivity index (χ0) is 18.2. The van der Waals surface area contributed by atoms with Crippen molar-refractivity contribution in [1.82, 2.24) is 9.78 Å². The monoisotopic (exact) mass is 370 g/mol. The molecule has 1 aromatic heterocycles. The quantitative estimate of drug-likeness (QED) is 0.523. The van der Waals surface area contributed by atoms with Crippen molar-refractivity contribution in [2.45, 2.75) is 5.51 Å². The number of fused-ring (bicyclic) bond motifs is 1. The van der Waals surface area contributed by atoms with E-state index in [0.29, 0.717) is 0 Å². The Morgan fingerprint density at radius 3 is 2.08 bits per heavy atom. The first-order valence-corrected chi connectivity index (χ1v) is 8.20. The van der Waals surface area contributed by atoms with Crippen LogP contribution in [-0.4, -0.2) is 23.7 Å². The van der Waals surface area contributed by atoms with Gasteiger partial charge < -0.3 is 4.18 Å². The van der Waals surface area contributed by atoms with Crippen LogP contribution >= 0.6 is 0 Å². The molecule has 0 aliphatic rings. The van der Waals surface area contributed by atoms with Crippen molar-refractivity contribution >= 4 is 20.9 Å². The Labute approximate surface area is 139 Å². The maximum absolute atomic E-state index is 12.6. The summed E-state index contributed by atoms with van der Waals surface area (Å²) in [6.45, 7) is 0. The summed E-state index contributed by atoms with van der Waals surface area (Å²) in [7, 11) is -5.93. The molecule has 0 amide bonds. The second kappa shape index (κ2) is 5.88. The molecule has 25 heavy (non-hydrogen) atoms. The van der Waals surface area contributed by atoms with Crippen molar-refractivity contribution in [2.75, 3.05) is 0 Å². The minimum atomic E-state index is -5.93. The highest BCUT2D eigenvalue weighted by Gasteiger charge is 2.49. The number of para-hydroxylation sites is 1. The van der Waals surface area contributed by atoms with E-state index >= 15 is 0 Å². The summed E-state index contributed by atoms with van der Waals surface area (Å²) in [6, 6.07) is 13.3. The highest BCUT2D eigenvalue weighted by Crippen LogP contribution is 2.29. The van der Waals surface area contributed by atoms with Crippen LogP contribution in [-0.2, 0) is 10.1 Å². The number of aromatic nitrogens is 2. The van der Waals surface area contributed by atoms with E-state index in [0.717, 1.165) is 4.68 Å². The molecule has 0 atom stereocenters. The summed E-state index contributed by atoms with van der Waals surface area (Å²) < 4.78 is 65.4. The average Bonchev–Trinajstić information content (AvgIpc) is 2.57. The van der Waals surface area contributed by atoms with Gasteiger partial charge in [0, 0.05) is 0 Å². The standard InChI is InChI=1S/C15H9F3N2O4S/c16-15(17,18)25(22,23)24-13-11-8-4-5-9-12(11)14(21)20(19-13)10-6-2-1-3-7-10/h1-9H. The van der Waals surface area contributed by atoms with Gasteiger partial charge in [-0.15, -0.1) is 5.10 Å². The highest BCUT2D eigenvalue weighted by atomic mass is 32.2. The second-order valence-corrected chi connectivity index (χ2v) is 6.42. The van der Waals surface area contributed by atoms with E-state index in [4.69, 9.17) is 0 Å². The van der Waals surface area contributed by atoms with E-state index in [2.05, 4.69) is 9.28 Å². The van der Waals surface area contributed by atoms with Crippen LogP contribution in [0.1, 0.15) is 0 Å². The normalized spacial score (nSPS) is 12.3. The maximum Gasteiger partial charge on any atom is 0.534 e. The molecule has 0 saturated heterocycles. The second-order valence-electron chi connectivity index (χ2n) is 4.89. The molecule has 0 saturated carbocycles. The molecule has 0 unspecified atom stereocenters. The average molecular weight is 370 g/mol. The molecular formula is C15H9F3N2O4S. The Bertz CT molecular complexity index is 1090. The van der Waals surface area contributed by atoms with Crippen molar-refractivity contribution in [3.8, 4) is 11.6 Å². The lowest BCUT2D eigenvalue weighted by molar-refractivity contribution is -0.0501. The number of hydrogen-bond donors (Lipinski definition) is 0. The van der Waals surface area contributed by atoms with Gasteiger partial charge in [-0.3, -0.25) is 4.79 Å². The lowest BCUT2D eigenvalue weighted by atomic mass is 10.2. The molecule has 130 valence electrons. The van der Waals surface area contributed by atoms with Crippen molar-refractivity contribution in [2.24, 2.45) is 0 Å². The lowest BCUT2D eigenvalue weighted by Crippen LogP contribution is -2.30. The van der Waals surface area contributed by atoms with Crippen LogP contribution in [0, 0.1) is 0 Å². The minimum Gasteiger partial charge on any atom is -0.353 e. The van der Waals surface area contributed by atoms with Gasteiger partial charge in [-0.1, -0.05) is 30.3 Å². The molecule has 0 bridgehead atoms. The third kappa shape index (κ3) is 3.07. The zero-order valence-electron chi connectivity index (χ0n) is 12.3. The summed E-state index contributed by atoms with van der Waals surface area (Å²) in [6.07, 6.45) is 0. The molecule has 0 aliphatic carbocycles. The highest BCUT2D eigenvalue weighted by molar-refractivity contribution is 7.88.